The van der Waals surface area contributed by atoms with E-state index in [1.165, 1.54) is 0 Å². The molecule has 2 aromatic heterocycles. The molecule has 0 aliphatic rings. The Morgan fingerprint density at radius 1 is 1.36 bits per heavy atom. The minimum Gasteiger partial charge on any atom is -0.390 e. The zero-order chi connectivity index (χ0) is 16.0. The molecule has 1 amide bonds. The molecule has 0 atom stereocenters. The van der Waals surface area contributed by atoms with Gasteiger partial charge in [-0.2, -0.15) is 0 Å². The van der Waals surface area contributed by atoms with Crippen molar-refractivity contribution in [1.29, 1.82) is 0 Å². The quantitative estimate of drug-likeness (QED) is 0.769. The standard InChI is InChI=1S/C16H21N3O2S/c1-16(2,21)10-14(20)18-9-5-7-15-19-13(11-22-15)12-6-3-4-8-17-12/h3-4,6,8,11,21H,5,7,9-10H2,1-2H3,(H,18,20). The minimum atomic E-state index is -0.961. The van der Waals surface area contributed by atoms with Crippen LogP contribution in [0.3, 0.4) is 0 Å². The van der Waals surface area contributed by atoms with Gasteiger partial charge in [0.15, 0.2) is 0 Å². The summed E-state index contributed by atoms with van der Waals surface area (Å²) in [6.45, 7) is 3.84. The number of aromatic nitrogens is 2. The third-order valence-electron chi connectivity index (χ3n) is 2.96. The molecule has 0 bridgehead atoms. The van der Waals surface area contributed by atoms with Crippen molar-refractivity contribution in [2.75, 3.05) is 6.54 Å². The molecule has 0 radical (unpaired) electrons. The zero-order valence-electron chi connectivity index (χ0n) is 12.9. The highest BCUT2D eigenvalue weighted by molar-refractivity contribution is 7.09. The van der Waals surface area contributed by atoms with Crippen LogP contribution in [0, 0.1) is 0 Å². The molecule has 0 aromatic carbocycles. The summed E-state index contributed by atoms with van der Waals surface area (Å²) < 4.78 is 0. The van der Waals surface area contributed by atoms with Crippen LogP contribution in [0.15, 0.2) is 29.8 Å². The summed E-state index contributed by atoms with van der Waals surface area (Å²) in [7, 11) is 0. The van der Waals surface area contributed by atoms with E-state index in [1.807, 2.05) is 23.6 Å². The fourth-order valence-electron chi connectivity index (χ4n) is 1.98. The summed E-state index contributed by atoms with van der Waals surface area (Å²) in [4.78, 5) is 20.4. The van der Waals surface area contributed by atoms with Crippen molar-refractivity contribution in [2.24, 2.45) is 0 Å². The Hall–Kier alpha value is -1.79. The van der Waals surface area contributed by atoms with Crippen molar-refractivity contribution in [3.05, 3.63) is 34.8 Å². The molecule has 0 saturated heterocycles. The lowest BCUT2D eigenvalue weighted by atomic mass is 10.1. The van der Waals surface area contributed by atoms with Gasteiger partial charge in [-0.3, -0.25) is 9.78 Å². The largest absolute Gasteiger partial charge is 0.390 e. The molecule has 0 unspecified atom stereocenters. The first-order chi connectivity index (χ1) is 10.4. The van der Waals surface area contributed by atoms with Crippen molar-refractivity contribution in [3.63, 3.8) is 0 Å². The Bertz CT molecular complexity index is 605. The highest BCUT2D eigenvalue weighted by atomic mass is 32.1. The third-order valence-corrected chi connectivity index (χ3v) is 3.87. The fourth-order valence-corrected chi connectivity index (χ4v) is 2.81. The SMILES string of the molecule is CC(C)(O)CC(=O)NCCCc1nc(-c2ccccn2)cs1. The van der Waals surface area contributed by atoms with Crippen LogP contribution >= 0.6 is 11.3 Å². The maximum Gasteiger partial charge on any atom is 0.222 e. The summed E-state index contributed by atoms with van der Waals surface area (Å²) in [6.07, 6.45) is 3.52. The van der Waals surface area contributed by atoms with Gasteiger partial charge in [-0.25, -0.2) is 4.98 Å². The second-order valence-electron chi connectivity index (χ2n) is 5.78. The molecule has 5 nitrogen and oxygen atoms in total. The number of pyridine rings is 1. The summed E-state index contributed by atoms with van der Waals surface area (Å²) in [5, 5.41) is 15.4. The highest BCUT2D eigenvalue weighted by Crippen LogP contribution is 2.20. The van der Waals surface area contributed by atoms with Gasteiger partial charge in [0, 0.05) is 24.5 Å². The maximum absolute atomic E-state index is 11.6. The van der Waals surface area contributed by atoms with Gasteiger partial charge >= 0.3 is 0 Å². The van der Waals surface area contributed by atoms with Crippen LogP contribution in [-0.4, -0.2) is 33.1 Å². The van der Waals surface area contributed by atoms with Gasteiger partial charge in [-0.1, -0.05) is 6.07 Å². The molecule has 0 aliphatic heterocycles. The van der Waals surface area contributed by atoms with Crippen LogP contribution in [-0.2, 0) is 11.2 Å². The molecule has 22 heavy (non-hydrogen) atoms. The van der Waals surface area contributed by atoms with Crippen molar-refractivity contribution >= 4 is 17.2 Å². The summed E-state index contributed by atoms with van der Waals surface area (Å²) >= 11 is 1.61. The molecular weight excluding hydrogens is 298 g/mol. The zero-order valence-corrected chi connectivity index (χ0v) is 13.7. The van der Waals surface area contributed by atoms with E-state index in [0.717, 1.165) is 29.2 Å². The van der Waals surface area contributed by atoms with Crippen molar-refractivity contribution in [1.82, 2.24) is 15.3 Å². The monoisotopic (exact) mass is 319 g/mol. The summed E-state index contributed by atoms with van der Waals surface area (Å²) in [5.74, 6) is -0.124. The van der Waals surface area contributed by atoms with Crippen molar-refractivity contribution < 1.29 is 9.90 Å². The van der Waals surface area contributed by atoms with Gasteiger partial charge in [0.1, 0.15) is 0 Å². The number of carbonyl (C=O) groups excluding carboxylic acids is 1. The Morgan fingerprint density at radius 2 is 2.18 bits per heavy atom. The van der Waals surface area contributed by atoms with Gasteiger partial charge in [0.2, 0.25) is 5.91 Å². The Balaban J connectivity index is 1.74. The van der Waals surface area contributed by atoms with Gasteiger partial charge < -0.3 is 10.4 Å². The predicted octanol–water partition coefficient (Wildman–Crippen LogP) is 2.41. The average Bonchev–Trinajstić information content (AvgIpc) is 2.91. The number of hydrogen-bond acceptors (Lipinski definition) is 5. The number of thiazole rings is 1. The lowest BCUT2D eigenvalue weighted by molar-refractivity contribution is -0.124. The van der Waals surface area contributed by atoms with Crippen LogP contribution in [0.4, 0.5) is 0 Å². The third kappa shape index (κ3) is 5.54. The molecule has 2 heterocycles. The first-order valence-corrected chi connectivity index (χ1v) is 8.17. The van der Waals surface area contributed by atoms with E-state index in [-0.39, 0.29) is 12.3 Å². The summed E-state index contributed by atoms with van der Waals surface area (Å²) in [5.41, 5.74) is 0.812. The Labute approximate surface area is 134 Å². The number of aliphatic hydroxyl groups is 1. The Morgan fingerprint density at radius 3 is 2.86 bits per heavy atom. The molecule has 6 heteroatoms. The first kappa shape index (κ1) is 16.6. The number of nitrogens with one attached hydrogen (secondary N) is 1. The molecular formula is C16H21N3O2S. The van der Waals surface area contributed by atoms with E-state index < -0.39 is 5.60 Å². The van der Waals surface area contributed by atoms with Crippen LogP contribution in [0.2, 0.25) is 0 Å². The van der Waals surface area contributed by atoms with Gasteiger partial charge in [0.25, 0.3) is 0 Å². The van der Waals surface area contributed by atoms with E-state index in [1.54, 1.807) is 31.4 Å². The smallest absolute Gasteiger partial charge is 0.222 e. The van der Waals surface area contributed by atoms with E-state index in [9.17, 15) is 9.90 Å². The number of rotatable bonds is 7. The van der Waals surface area contributed by atoms with E-state index in [4.69, 9.17) is 0 Å². The van der Waals surface area contributed by atoms with Crippen LogP contribution in [0.5, 0.6) is 0 Å². The number of amides is 1. The fraction of sp³-hybridized carbons (Fsp3) is 0.438. The van der Waals surface area contributed by atoms with Crippen molar-refractivity contribution in [2.45, 2.75) is 38.7 Å². The van der Waals surface area contributed by atoms with Gasteiger partial charge in [-0.15, -0.1) is 11.3 Å². The minimum absolute atomic E-state index is 0.119. The van der Waals surface area contributed by atoms with Gasteiger partial charge in [0.05, 0.1) is 28.4 Å². The molecule has 0 saturated carbocycles. The number of nitrogens with zero attached hydrogens (tertiary/aromatic N) is 2. The normalized spacial score (nSPS) is 11.4. The molecule has 2 rings (SSSR count). The molecule has 0 aliphatic carbocycles. The Kier molecular flexibility index (Phi) is 5.63. The summed E-state index contributed by atoms with van der Waals surface area (Å²) in [6, 6.07) is 5.77. The lowest BCUT2D eigenvalue weighted by Crippen LogP contribution is -2.32. The molecule has 2 aromatic rings. The predicted molar refractivity (Wildman–Crippen MR) is 87.6 cm³/mol. The van der Waals surface area contributed by atoms with E-state index >= 15 is 0 Å². The molecule has 0 fully saturated rings. The van der Waals surface area contributed by atoms with Crippen LogP contribution < -0.4 is 5.32 Å². The maximum atomic E-state index is 11.6. The van der Waals surface area contributed by atoms with E-state index in [2.05, 4.69) is 15.3 Å². The molecule has 0 spiro atoms. The molecule has 118 valence electrons. The van der Waals surface area contributed by atoms with Crippen molar-refractivity contribution in [3.8, 4) is 11.4 Å². The van der Waals surface area contributed by atoms with Crippen LogP contribution in [0.25, 0.3) is 11.4 Å². The number of carbonyl (C=O) groups is 1. The molecule has 2 N–H and O–H groups in total. The topological polar surface area (TPSA) is 75.1 Å². The number of aryl methyl sites for hydroxylation is 1. The van der Waals surface area contributed by atoms with E-state index in [0.29, 0.717) is 6.54 Å². The van der Waals surface area contributed by atoms with Gasteiger partial charge in [-0.05, 0) is 32.4 Å². The second-order valence-corrected chi connectivity index (χ2v) is 6.73. The first-order valence-electron chi connectivity index (χ1n) is 7.29. The average molecular weight is 319 g/mol. The second kappa shape index (κ2) is 7.47. The lowest BCUT2D eigenvalue weighted by Gasteiger charge is -2.16. The number of hydrogen-bond donors (Lipinski definition) is 2. The van der Waals surface area contributed by atoms with Crippen LogP contribution in [0.1, 0.15) is 31.7 Å². The highest BCUT2D eigenvalue weighted by Gasteiger charge is 2.17.